The lowest BCUT2D eigenvalue weighted by molar-refractivity contribution is 0.372. The molecule has 0 fully saturated rings. The number of thiocarbonyl (C=S) groups is 1. The average Bonchev–Trinajstić information content (AvgIpc) is 2.26. The molecule has 1 aromatic rings. The van der Waals surface area contributed by atoms with Gasteiger partial charge < -0.3 is 15.5 Å². The Morgan fingerprint density at radius 2 is 2.00 bits per heavy atom. The maximum Gasteiger partial charge on any atom is 0.139 e. The van der Waals surface area contributed by atoms with Crippen LogP contribution < -0.4 is 10.6 Å². The largest absolute Gasteiger partial charge is 0.389 e. The van der Waals surface area contributed by atoms with Gasteiger partial charge in [0.15, 0.2) is 0 Å². The molecular weight excluding hydrogens is 268 g/mol. The predicted molar refractivity (Wildman–Crippen MR) is 90.6 cm³/mol. The Morgan fingerprint density at radius 1 is 1.40 bits per heavy atom. The van der Waals surface area contributed by atoms with Crippen molar-refractivity contribution in [3.05, 3.63) is 22.9 Å². The molecule has 20 heavy (non-hydrogen) atoms. The number of aromatic nitrogens is 1. The van der Waals surface area contributed by atoms with Gasteiger partial charge in [0.25, 0.3) is 0 Å². The first-order valence-corrected chi connectivity index (χ1v) is 7.38. The number of rotatable bonds is 6. The maximum atomic E-state index is 5.91. The number of nitrogens with two attached hydrogens (primary N) is 1. The van der Waals surface area contributed by atoms with Crippen LogP contribution in [0.1, 0.15) is 30.7 Å². The summed E-state index contributed by atoms with van der Waals surface area (Å²) >= 11 is 5.22. The van der Waals surface area contributed by atoms with E-state index in [1.54, 1.807) is 0 Å². The van der Waals surface area contributed by atoms with Crippen molar-refractivity contribution in [3.63, 3.8) is 0 Å². The lowest BCUT2D eigenvalue weighted by atomic mass is 10.1. The van der Waals surface area contributed by atoms with E-state index >= 15 is 0 Å². The second kappa shape index (κ2) is 6.99. The molecule has 1 rings (SSSR count). The molecule has 0 amide bonds. The molecule has 1 atom stereocenters. The van der Waals surface area contributed by atoms with Crippen molar-refractivity contribution in [2.45, 2.75) is 33.7 Å². The fraction of sp³-hybridized carbons (Fsp3) is 0.600. The van der Waals surface area contributed by atoms with E-state index in [1.165, 1.54) is 0 Å². The Balaban J connectivity index is 3.30. The van der Waals surface area contributed by atoms with E-state index < -0.39 is 0 Å². The fourth-order valence-electron chi connectivity index (χ4n) is 2.63. The Bertz CT molecular complexity index is 485. The van der Waals surface area contributed by atoms with Crippen LogP contribution in [-0.4, -0.2) is 48.1 Å². The summed E-state index contributed by atoms with van der Waals surface area (Å²) in [6.45, 7) is 10.2. The van der Waals surface area contributed by atoms with Crippen molar-refractivity contribution in [1.29, 1.82) is 0 Å². The van der Waals surface area contributed by atoms with E-state index in [1.807, 2.05) is 19.9 Å². The molecule has 1 aromatic heterocycles. The lowest BCUT2D eigenvalue weighted by Crippen LogP contribution is -2.41. The summed E-state index contributed by atoms with van der Waals surface area (Å²) in [5, 5.41) is 0. The lowest BCUT2D eigenvalue weighted by Gasteiger charge is -2.33. The van der Waals surface area contributed by atoms with Crippen molar-refractivity contribution >= 4 is 23.0 Å². The Morgan fingerprint density at radius 3 is 2.45 bits per heavy atom. The molecule has 0 aromatic carbocycles. The minimum Gasteiger partial charge on any atom is -0.389 e. The van der Waals surface area contributed by atoms with Crippen LogP contribution >= 0.6 is 12.2 Å². The van der Waals surface area contributed by atoms with Gasteiger partial charge in [-0.1, -0.05) is 12.2 Å². The van der Waals surface area contributed by atoms with Crippen LogP contribution in [0.15, 0.2) is 6.07 Å². The molecule has 5 heteroatoms. The van der Waals surface area contributed by atoms with Gasteiger partial charge in [-0.05, 0) is 53.4 Å². The van der Waals surface area contributed by atoms with E-state index in [2.05, 4.69) is 37.7 Å². The van der Waals surface area contributed by atoms with Gasteiger partial charge in [0.2, 0.25) is 0 Å². The first-order valence-electron chi connectivity index (χ1n) is 6.97. The topological polar surface area (TPSA) is 45.4 Å². The van der Waals surface area contributed by atoms with Gasteiger partial charge in [-0.15, -0.1) is 0 Å². The zero-order chi connectivity index (χ0) is 15.4. The van der Waals surface area contributed by atoms with Gasteiger partial charge in [-0.25, -0.2) is 4.98 Å². The van der Waals surface area contributed by atoms with E-state index in [0.717, 1.165) is 35.7 Å². The highest BCUT2D eigenvalue weighted by atomic mass is 32.1. The highest BCUT2D eigenvalue weighted by Crippen LogP contribution is 2.24. The molecule has 1 unspecified atom stereocenters. The maximum absolute atomic E-state index is 5.91. The van der Waals surface area contributed by atoms with Crippen LogP contribution in [0.3, 0.4) is 0 Å². The molecular formula is C15H26N4S. The number of nitrogens with zero attached hydrogens (tertiary/aromatic N) is 3. The van der Waals surface area contributed by atoms with E-state index in [-0.39, 0.29) is 0 Å². The van der Waals surface area contributed by atoms with Crippen LogP contribution in [0.25, 0.3) is 0 Å². The predicted octanol–water partition coefficient (Wildman–Crippen LogP) is 2.11. The zero-order valence-corrected chi connectivity index (χ0v) is 14.2. The molecule has 1 heterocycles. The summed E-state index contributed by atoms with van der Waals surface area (Å²) in [6.07, 6.45) is 0. The smallest absolute Gasteiger partial charge is 0.139 e. The summed E-state index contributed by atoms with van der Waals surface area (Å²) < 4.78 is 0. The van der Waals surface area contributed by atoms with Gasteiger partial charge in [-0.3, -0.25) is 0 Å². The van der Waals surface area contributed by atoms with Crippen molar-refractivity contribution < 1.29 is 0 Å². The molecule has 112 valence electrons. The third-order valence-corrected chi connectivity index (χ3v) is 3.55. The summed E-state index contributed by atoms with van der Waals surface area (Å²) in [7, 11) is 4.15. The number of likely N-dealkylation sites (N-methyl/N-ethyl adjacent to an activating group) is 2. The van der Waals surface area contributed by atoms with Crippen molar-refractivity contribution in [2.75, 3.05) is 32.1 Å². The summed E-state index contributed by atoms with van der Waals surface area (Å²) in [5.41, 5.74) is 8.90. The quantitative estimate of drug-likeness (QED) is 0.814. The normalized spacial score (nSPS) is 12.6. The standard InChI is InChI=1S/C15H26N4S/c1-7-19(12(4)9-18(5)6)15-13(14(16)20)10(2)8-11(3)17-15/h8,12H,7,9H2,1-6H3,(H2,16,20). The second-order valence-electron chi connectivity index (χ2n) is 5.54. The Kier molecular flexibility index (Phi) is 5.89. The van der Waals surface area contributed by atoms with Crippen molar-refractivity contribution in [1.82, 2.24) is 9.88 Å². The summed E-state index contributed by atoms with van der Waals surface area (Å²) in [5.74, 6) is 0.909. The second-order valence-corrected chi connectivity index (χ2v) is 5.98. The van der Waals surface area contributed by atoms with Gasteiger partial charge >= 0.3 is 0 Å². The highest BCUT2D eigenvalue weighted by Gasteiger charge is 2.21. The first kappa shape index (κ1) is 16.9. The Labute approximate surface area is 128 Å². The van der Waals surface area contributed by atoms with Crippen LogP contribution in [0.5, 0.6) is 0 Å². The Hall–Kier alpha value is -1.20. The molecule has 0 bridgehead atoms. The van der Waals surface area contributed by atoms with E-state index in [9.17, 15) is 0 Å². The SMILES string of the molecule is CCN(c1nc(C)cc(C)c1C(N)=S)C(C)CN(C)C. The third-order valence-electron chi connectivity index (χ3n) is 3.35. The number of pyridine rings is 1. The monoisotopic (exact) mass is 294 g/mol. The van der Waals surface area contributed by atoms with Gasteiger partial charge in [0, 0.05) is 24.8 Å². The van der Waals surface area contributed by atoms with Crippen LogP contribution in [0.4, 0.5) is 5.82 Å². The number of hydrogen-bond acceptors (Lipinski definition) is 4. The molecule has 0 aliphatic rings. The van der Waals surface area contributed by atoms with Crippen LogP contribution in [0, 0.1) is 13.8 Å². The molecule has 0 saturated carbocycles. The number of aryl methyl sites for hydroxylation is 2. The van der Waals surface area contributed by atoms with E-state index in [0.29, 0.717) is 11.0 Å². The average molecular weight is 294 g/mol. The number of anilines is 1. The third kappa shape index (κ3) is 3.90. The van der Waals surface area contributed by atoms with Crippen LogP contribution in [0.2, 0.25) is 0 Å². The molecule has 0 radical (unpaired) electrons. The fourth-order valence-corrected chi connectivity index (χ4v) is 2.88. The summed E-state index contributed by atoms with van der Waals surface area (Å²) in [6, 6.07) is 2.37. The first-order chi connectivity index (χ1) is 9.27. The van der Waals surface area contributed by atoms with Gasteiger partial charge in [0.05, 0.1) is 5.56 Å². The van der Waals surface area contributed by atoms with E-state index in [4.69, 9.17) is 22.9 Å². The van der Waals surface area contributed by atoms with Crippen LogP contribution in [-0.2, 0) is 0 Å². The highest BCUT2D eigenvalue weighted by molar-refractivity contribution is 7.80. The molecule has 0 spiro atoms. The van der Waals surface area contributed by atoms with Gasteiger partial charge in [0.1, 0.15) is 10.8 Å². The minimum atomic E-state index is 0.344. The summed E-state index contributed by atoms with van der Waals surface area (Å²) in [4.78, 5) is 9.56. The minimum absolute atomic E-state index is 0.344. The van der Waals surface area contributed by atoms with Gasteiger partial charge in [-0.2, -0.15) is 0 Å². The molecule has 0 aliphatic carbocycles. The number of hydrogen-bond donors (Lipinski definition) is 1. The van der Waals surface area contributed by atoms with Crippen molar-refractivity contribution in [3.8, 4) is 0 Å². The molecule has 0 saturated heterocycles. The zero-order valence-electron chi connectivity index (χ0n) is 13.4. The molecule has 2 N–H and O–H groups in total. The molecule has 4 nitrogen and oxygen atoms in total. The molecule has 0 aliphatic heterocycles. The van der Waals surface area contributed by atoms with Crippen molar-refractivity contribution in [2.24, 2.45) is 5.73 Å².